The third-order valence-corrected chi connectivity index (χ3v) is 3.64. The fraction of sp³-hybridized carbons (Fsp3) is 0.278. The Bertz CT molecular complexity index is 681. The number of aryl methyl sites for hydroxylation is 1. The van der Waals surface area contributed by atoms with Gasteiger partial charge in [-0.3, -0.25) is 0 Å². The molecule has 0 atom stereocenters. The zero-order valence-electron chi connectivity index (χ0n) is 13.1. The predicted octanol–water partition coefficient (Wildman–Crippen LogP) is 4.48. The first-order valence-electron chi connectivity index (χ1n) is 7.28. The molecule has 0 aliphatic heterocycles. The molecule has 2 rings (SSSR count). The molecule has 0 bridgehead atoms. The van der Waals surface area contributed by atoms with Gasteiger partial charge in [-0.25, -0.2) is 13.8 Å². The number of aliphatic imine (C=N–C) groups is 1. The van der Waals surface area contributed by atoms with Gasteiger partial charge in [0.05, 0.1) is 6.34 Å². The van der Waals surface area contributed by atoms with Crippen LogP contribution in [0.15, 0.2) is 41.4 Å². The van der Waals surface area contributed by atoms with Crippen molar-refractivity contribution in [1.82, 2.24) is 4.90 Å². The monoisotopic (exact) mass is 302 g/mol. The standard InChI is InChI=1S/C18H20F2N2/c1-4-22(3)12-21-18-9-13(2)15(11-17(18)20)10-14-7-5-6-8-16(14)19/h5-9,11-12H,4,10H2,1-3H3. The minimum absolute atomic E-state index is 0.269. The molecule has 2 nitrogen and oxygen atoms in total. The molecule has 0 saturated heterocycles. The van der Waals surface area contributed by atoms with Gasteiger partial charge >= 0.3 is 0 Å². The van der Waals surface area contributed by atoms with Crippen molar-refractivity contribution in [2.24, 2.45) is 4.99 Å². The molecule has 4 heteroatoms. The van der Waals surface area contributed by atoms with Crippen molar-refractivity contribution >= 4 is 12.0 Å². The zero-order chi connectivity index (χ0) is 16.1. The molecule has 0 aliphatic carbocycles. The zero-order valence-corrected chi connectivity index (χ0v) is 13.1. The highest BCUT2D eigenvalue weighted by Gasteiger charge is 2.09. The molecule has 0 amide bonds. The van der Waals surface area contributed by atoms with Crippen LogP contribution in [0.4, 0.5) is 14.5 Å². The van der Waals surface area contributed by atoms with E-state index in [1.165, 1.54) is 12.1 Å². The molecule has 22 heavy (non-hydrogen) atoms. The highest BCUT2D eigenvalue weighted by Crippen LogP contribution is 2.24. The van der Waals surface area contributed by atoms with Crippen LogP contribution in [0.5, 0.6) is 0 Å². The Labute approximate surface area is 130 Å². The van der Waals surface area contributed by atoms with E-state index in [0.717, 1.165) is 17.7 Å². The fourth-order valence-electron chi connectivity index (χ4n) is 2.09. The van der Waals surface area contributed by atoms with E-state index in [1.807, 2.05) is 25.8 Å². The lowest BCUT2D eigenvalue weighted by molar-refractivity contribution is 0.551. The molecule has 0 radical (unpaired) electrons. The SMILES string of the molecule is CCN(C)C=Nc1cc(C)c(Cc2ccccc2F)cc1F. The Morgan fingerprint density at radius 2 is 1.82 bits per heavy atom. The van der Waals surface area contributed by atoms with E-state index in [9.17, 15) is 8.78 Å². The van der Waals surface area contributed by atoms with Gasteiger partial charge in [-0.05, 0) is 48.7 Å². The number of halogens is 2. The summed E-state index contributed by atoms with van der Waals surface area (Å²) in [7, 11) is 1.88. The van der Waals surface area contributed by atoms with Crippen molar-refractivity contribution < 1.29 is 8.78 Å². The number of nitrogens with zero attached hydrogens (tertiary/aromatic N) is 2. The first kappa shape index (κ1) is 16.1. The van der Waals surface area contributed by atoms with Crippen LogP contribution in [-0.2, 0) is 6.42 Å². The third kappa shape index (κ3) is 3.91. The van der Waals surface area contributed by atoms with E-state index in [1.54, 1.807) is 30.6 Å². The molecule has 2 aromatic rings. The van der Waals surface area contributed by atoms with Crippen molar-refractivity contribution in [3.8, 4) is 0 Å². The van der Waals surface area contributed by atoms with Gasteiger partial charge in [-0.15, -0.1) is 0 Å². The first-order valence-corrected chi connectivity index (χ1v) is 7.28. The van der Waals surface area contributed by atoms with Crippen LogP contribution in [0.1, 0.15) is 23.6 Å². The second-order valence-electron chi connectivity index (χ2n) is 5.32. The summed E-state index contributed by atoms with van der Waals surface area (Å²) in [4.78, 5) is 6.02. The lowest BCUT2D eigenvalue weighted by Gasteiger charge is -2.11. The van der Waals surface area contributed by atoms with Crippen molar-refractivity contribution in [2.75, 3.05) is 13.6 Å². The van der Waals surface area contributed by atoms with E-state index >= 15 is 0 Å². The van der Waals surface area contributed by atoms with Gasteiger partial charge in [0.15, 0.2) is 0 Å². The minimum atomic E-state index is -0.391. The van der Waals surface area contributed by atoms with Crippen LogP contribution in [0, 0.1) is 18.6 Å². The summed E-state index contributed by atoms with van der Waals surface area (Å²) < 4.78 is 27.9. The van der Waals surface area contributed by atoms with Gasteiger partial charge in [-0.2, -0.15) is 0 Å². The predicted molar refractivity (Wildman–Crippen MR) is 86.8 cm³/mol. The maximum absolute atomic E-state index is 14.2. The molecular weight excluding hydrogens is 282 g/mol. The van der Waals surface area contributed by atoms with Crippen molar-refractivity contribution in [2.45, 2.75) is 20.3 Å². The smallest absolute Gasteiger partial charge is 0.149 e. The first-order chi connectivity index (χ1) is 10.5. The quantitative estimate of drug-likeness (QED) is 0.587. The molecule has 116 valence electrons. The van der Waals surface area contributed by atoms with Gasteiger partial charge in [-0.1, -0.05) is 18.2 Å². The number of hydrogen-bond donors (Lipinski definition) is 0. The normalized spacial score (nSPS) is 11.1. The van der Waals surface area contributed by atoms with Crippen molar-refractivity contribution in [3.63, 3.8) is 0 Å². The van der Waals surface area contributed by atoms with E-state index < -0.39 is 5.82 Å². The fourth-order valence-corrected chi connectivity index (χ4v) is 2.09. The van der Waals surface area contributed by atoms with E-state index in [4.69, 9.17) is 0 Å². The second-order valence-corrected chi connectivity index (χ2v) is 5.32. The summed E-state index contributed by atoms with van der Waals surface area (Å²) in [6.45, 7) is 4.68. The van der Waals surface area contributed by atoms with Gasteiger partial charge in [0, 0.05) is 20.0 Å². The molecule has 0 fully saturated rings. The summed E-state index contributed by atoms with van der Waals surface area (Å²) in [5.41, 5.74) is 2.53. The molecule has 2 aromatic carbocycles. The van der Waals surface area contributed by atoms with Crippen LogP contribution in [0.3, 0.4) is 0 Å². The molecule has 0 saturated carbocycles. The maximum atomic E-state index is 14.2. The summed E-state index contributed by atoms with van der Waals surface area (Å²) in [6, 6.07) is 9.71. The molecule has 0 spiro atoms. The average Bonchev–Trinajstić information content (AvgIpc) is 2.51. The Morgan fingerprint density at radius 3 is 2.50 bits per heavy atom. The number of rotatable bonds is 5. The van der Waals surface area contributed by atoms with E-state index in [0.29, 0.717) is 17.7 Å². The third-order valence-electron chi connectivity index (χ3n) is 3.64. The maximum Gasteiger partial charge on any atom is 0.149 e. The Hall–Kier alpha value is -2.23. The lowest BCUT2D eigenvalue weighted by atomic mass is 9.99. The van der Waals surface area contributed by atoms with Crippen LogP contribution in [0.25, 0.3) is 0 Å². The Kier molecular flexibility index (Phi) is 5.26. The van der Waals surface area contributed by atoms with Crippen LogP contribution in [-0.4, -0.2) is 24.8 Å². The molecule has 0 heterocycles. The molecule has 0 N–H and O–H groups in total. The number of benzene rings is 2. The molecular formula is C18H20F2N2. The van der Waals surface area contributed by atoms with Gasteiger partial charge in [0.25, 0.3) is 0 Å². The summed E-state index contributed by atoms with van der Waals surface area (Å²) in [5, 5.41) is 0. The summed E-state index contributed by atoms with van der Waals surface area (Å²) >= 11 is 0. The molecule has 0 aromatic heterocycles. The van der Waals surface area contributed by atoms with E-state index in [-0.39, 0.29) is 5.82 Å². The molecule has 0 aliphatic rings. The Morgan fingerprint density at radius 1 is 1.09 bits per heavy atom. The second kappa shape index (κ2) is 7.16. The van der Waals surface area contributed by atoms with Gasteiger partial charge in [0.2, 0.25) is 0 Å². The van der Waals surface area contributed by atoms with Crippen LogP contribution < -0.4 is 0 Å². The highest BCUT2D eigenvalue weighted by atomic mass is 19.1. The topological polar surface area (TPSA) is 15.6 Å². The summed E-state index contributed by atoms with van der Waals surface area (Å²) in [5.74, 6) is -0.660. The number of hydrogen-bond acceptors (Lipinski definition) is 1. The van der Waals surface area contributed by atoms with Crippen LogP contribution in [0.2, 0.25) is 0 Å². The van der Waals surface area contributed by atoms with Gasteiger partial charge < -0.3 is 4.90 Å². The van der Waals surface area contributed by atoms with Crippen molar-refractivity contribution in [1.29, 1.82) is 0 Å². The minimum Gasteiger partial charge on any atom is -0.366 e. The molecule has 0 unspecified atom stereocenters. The van der Waals surface area contributed by atoms with Gasteiger partial charge in [0.1, 0.15) is 17.3 Å². The average molecular weight is 302 g/mol. The summed E-state index contributed by atoms with van der Waals surface area (Å²) in [6.07, 6.45) is 1.97. The largest absolute Gasteiger partial charge is 0.366 e. The van der Waals surface area contributed by atoms with Crippen LogP contribution >= 0.6 is 0 Å². The highest BCUT2D eigenvalue weighted by molar-refractivity contribution is 5.62. The Balaban J connectivity index is 2.27. The van der Waals surface area contributed by atoms with E-state index in [2.05, 4.69) is 4.99 Å². The van der Waals surface area contributed by atoms with Crippen molar-refractivity contribution in [3.05, 3.63) is 64.7 Å². The lowest BCUT2D eigenvalue weighted by Crippen LogP contribution is -2.14.